The highest BCUT2D eigenvalue weighted by atomic mass is 16.5. The first kappa shape index (κ1) is 26.4. The summed E-state index contributed by atoms with van der Waals surface area (Å²) in [6, 6.07) is 0. The number of carboxylic acids is 1. The van der Waals surface area contributed by atoms with Crippen molar-refractivity contribution in [3.63, 3.8) is 0 Å². The molecule has 0 heterocycles. The van der Waals surface area contributed by atoms with Crippen molar-refractivity contribution in [3.05, 3.63) is 24.3 Å². The average Bonchev–Trinajstić information content (AvgIpc) is 2.67. The molecule has 0 aliphatic carbocycles. The SMILES string of the molecule is CCCCC/C=C\C/C=C\CCCCCCCC(=O)OCCNCCC(=O)O. The van der Waals surface area contributed by atoms with E-state index in [2.05, 4.69) is 36.5 Å². The molecule has 5 heteroatoms. The highest BCUT2D eigenvalue weighted by molar-refractivity contribution is 5.69. The van der Waals surface area contributed by atoms with Gasteiger partial charge in [-0.15, -0.1) is 0 Å². The van der Waals surface area contributed by atoms with Crippen LogP contribution in [0.2, 0.25) is 0 Å². The van der Waals surface area contributed by atoms with Gasteiger partial charge < -0.3 is 15.2 Å². The van der Waals surface area contributed by atoms with Crippen LogP contribution in [0, 0.1) is 0 Å². The zero-order valence-corrected chi connectivity index (χ0v) is 17.8. The van der Waals surface area contributed by atoms with E-state index < -0.39 is 5.97 Å². The van der Waals surface area contributed by atoms with Crippen LogP contribution in [-0.4, -0.2) is 36.7 Å². The molecule has 162 valence electrons. The molecule has 0 aliphatic rings. The number of esters is 1. The normalized spacial score (nSPS) is 11.5. The lowest BCUT2D eigenvalue weighted by Gasteiger charge is -2.05. The van der Waals surface area contributed by atoms with E-state index in [0.717, 1.165) is 32.1 Å². The maximum atomic E-state index is 11.6. The van der Waals surface area contributed by atoms with Gasteiger partial charge in [0.1, 0.15) is 6.61 Å². The lowest BCUT2D eigenvalue weighted by molar-refractivity contribution is -0.143. The molecule has 0 amide bonds. The Labute approximate surface area is 171 Å². The summed E-state index contributed by atoms with van der Waals surface area (Å²) in [6.45, 7) is 3.44. The van der Waals surface area contributed by atoms with Crippen molar-refractivity contribution >= 4 is 11.9 Å². The smallest absolute Gasteiger partial charge is 0.305 e. The van der Waals surface area contributed by atoms with Crippen LogP contribution in [0.3, 0.4) is 0 Å². The van der Waals surface area contributed by atoms with Crippen molar-refractivity contribution in [2.45, 2.75) is 90.4 Å². The van der Waals surface area contributed by atoms with Gasteiger partial charge in [-0.1, -0.05) is 63.3 Å². The fourth-order valence-electron chi connectivity index (χ4n) is 2.71. The van der Waals surface area contributed by atoms with Gasteiger partial charge in [-0.3, -0.25) is 9.59 Å². The van der Waals surface area contributed by atoms with E-state index >= 15 is 0 Å². The van der Waals surface area contributed by atoms with Gasteiger partial charge >= 0.3 is 11.9 Å². The molecule has 0 spiro atoms. The molecule has 0 unspecified atom stereocenters. The highest BCUT2D eigenvalue weighted by Crippen LogP contribution is 2.08. The Kier molecular flexibility index (Phi) is 20.4. The van der Waals surface area contributed by atoms with Gasteiger partial charge in [-0.05, 0) is 38.5 Å². The third kappa shape index (κ3) is 22.4. The quantitative estimate of drug-likeness (QED) is 0.164. The second kappa shape index (κ2) is 21.7. The standard InChI is InChI=1S/C23H41NO4/c1-2-3-4-5-6-7-8-9-10-11-12-13-14-15-16-17-23(27)28-21-20-24-19-18-22(25)26/h6-7,9-10,24H,2-5,8,11-21H2,1H3,(H,25,26)/b7-6-,10-9-. The van der Waals surface area contributed by atoms with Gasteiger partial charge in [0, 0.05) is 19.5 Å². The molecule has 0 aromatic heterocycles. The summed E-state index contributed by atoms with van der Waals surface area (Å²) in [7, 11) is 0. The highest BCUT2D eigenvalue weighted by Gasteiger charge is 2.02. The number of rotatable bonds is 20. The topological polar surface area (TPSA) is 75.6 Å². The zero-order chi connectivity index (χ0) is 20.7. The third-order valence-corrected chi connectivity index (χ3v) is 4.39. The summed E-state index contributed by atoms with van der Waals surface area (Å²) in [6.07, 6.45) is 22.5. The number of carbonyl (C=O) groups is 2. The molecule has 2 N–H and O–H groups in total. The number of carbonyl (C=O) groups excluding carboxylic acids is 1. The van der Waals surface area contributed by atoms with Crippen LogP contribution in [0.5, 0.6) is 0 Å². The van der Waals surface area contributed by atoms with Gasteiger partial charge in [0.2, 0.25) is 0 Å². The number of aliphatic carboxylic acids is 1. The number of hydrogen-bond donors (Lipinski definition) is 2. The van der Waals surface area contributed by atoms with Crippen LogP contribution in [0.1, 0.15) is 90.4 Å². The van der Waals surface area contributed by atoms with Gasteiger partial charge in [-0.25, -0.2) is 0 Å². The molecular weight excluding hydrogens is 354 g/mol. The number of carboxylic acid groups (broad SMARTS) is 1. The van der Waals surface area contributed by atoms with E-state index in [4.69, 9.17) is 9.84 Å². The molecule has 0 aromatic carbocycles. The molecule has 0 aromatic rings. The predicted octanol–water partition coefficient (Wildman–Crippen LogP) is 5.41. The van der Waals surface area contributed by atoms with Crippen LogP contribution >= 0.6 is 0 Å². The van der Waals surface area contributed by atoms with Crippen LogP contribution < -0.4 is 5.32 Å². The van der Waals surface area contributed by atoms with Gasteiger partial charge in [-0.2, -0.15) is 0 Å². The molecule has 0 atom stereocenters. The monoisotopic (exact) mass is 395 g/mol. The molecule has 28 heavy (non-hydrogen) atoms. The maximum absolute atomic E-state index is 11.6. The fraction of sp³-hybridized carbons (Fsp3) is 0.739. The van der Waals surface area contributed by atoms with Crippen LogP contribution in [0.25, 0.3) is 0 Å². The lowest BCUT2D eigenvalue weighted by Crippen LogP contribution is -2.23. The number of ether oxygens (including phenoxy) is 1. The summed E-state index contributed by atoms with van der Waals surface area (Å²) < 4.78 is 5.10. The molecular formula is C23H41NO4. The average molecular weight is 396 g/mol. The van der Waals surface area contributed by atoms with Crippen molar-refractivity contribution < 1.29 is 19.4 Å². The van der Waals surface area contributed by atoms with E-state index in [9.17, 15) is 9.59 Å². The van der Waals surface area contributed by atoms with Crippen molar-refractivity contribution in [3.8, 4) is 0 Å². The molecule has 0 radical (unpaired) electrons. The van der Waals surface area contributed by atoms with Gasteiger partial charge in [0.15, 0.2) is 0 Å². The van der Waals surface area contributed by atoms with E-state index in [0.29, 0.717) is 26.1 Å². The maximum Gasteiger partial charge on any atom is 0.305 e. The Morgan fingerprint density at radius 1 is 0.821 bits per heavy atom. The van der Waals surface area contributed by atoms with E-state index in [1.807, 2.05) is 0 Å². The lowest BCUT2D eigenvalue weighted by atomic mass is 10.1. The Hall–Kier alpha value is -1.62. The minimum atomic E-state index is -0.828. The van der Waals surface area contributed by atoms with Crippen molar-refractivity contribution in [2.24, 2.45) is 0 Å². The Balaban J connectivity index is 3.28. The first-order valence-electron chi connectivity index (χ1n) is 11.0. The summed E-state index contributed by atoms with van der Waals surface area (Å²) >= 11 is 0. The minimum Gasteiger partial charge on any atom is -0.481 e. The van der Waals surface area contributed by atoms with Gasteiger partial charge in [0.05, 0.1) is 6.42 Å². The van der Waals surface area contributed by atoms with Crippen molar-refractivity contribution in [1.82, 2.24) is 5.32 Å². The van der Waals surface area contributed by atoms with Crippen LogP contribution in [-0.2, 0) is 14.3 Å². The molecule has 0 rings (SSSR count). The minimum absolute atomic E-state index is 0.0832. The first-order chi connectivity index (χ1) is 13.7. The summed E-state index contributed by atoms with van der Waals surface area (Å²) in [5.74, 6) is -0.989. The van der Waals surface area contributed by atoms with Crippen LogP contribution in [0.15, 0.2) is 24.3 Å². The second-order valence-corrected chi connectivity index (χ2v) is 7.09. The zero-order valence-electron chi connectivity index (χ0n) is 17.8. The van der Waals surface area contributed by atoms with Crippen LogP contribution in [0.4, 0.5) is 0 Å². The van der Waals surface area contributed by atoms with E-state index in [-0.39, 0.29) is 12.4 Å². The predicted molar refractivity (Wildman–Crippen MR) is 115 cm³/mol. The second-order valence-electron chi connectivity index (χ2n) is 7.09. The molecule has 0 bridgehead atoms. The van der Waals surface area contributed by atoms with E-state index in [1.165, 1.54) is 38.5 Å². The first-order valence-corrected chi connectivity index (χ1v) is 11.0. The molecule has 0 saturated carbocycles. The number of allylic oxidation sites excluding steroid dienone is 4. The molecule has 5 nitrogen and oxygen atoms in total. The summed E-state index contributed by atoms with van der Waals surface area (Å²) in [4.78, 5) is 21.9. The van der Waals surface area contributed by atoms with E-state index in [1.54, 1.807) is 0 Å². The Bertz CT molecular complexity index is 432. The number of hydrogen-bond acceptors (Lipinski definition) is 4. The Morgan fingerprint density at radius 2 is 1.46 bits per heavy atom. The third-order valence-electron chi connectivity index (χ3n) is 4.39. The number of unbranched alkanes of at least 4 members (excludes halogenated alkanes) is 8. The largest absolute Gasteiger partial charge is 0.481 e. The van der Waals surface area contributed by atoms with Crippen molar-refractivity contribution in [1.29, 1.82) is 0 Å². The number of nitrogens with one attached hydrogen (secondary N) is 1. The molecule has 0 fully saturated rings. The van der Waals surface area contributed by atoms with Crippen molar-refractivity contribution in [2.75, 3.05) is 19.7 Å². The summed E-state index contributed by atoms with van der Waals surface area (Å²) in [5, 5.41) is 11.4. The molecule has 0 saturated heterocycles. The van der Waals surface area contributed by atoms with Gasteiger partial charge in [0.25, 0.3) is 0 Å². The Morgan fingerprint density at radius 3 is 2.14 bits per heavy atom. The summed E-state index contributed by atoms with van der Waals surface area (Å²) in [5.41, 5.74) is 0. The fourth-order valence-corrected chi connectivity index (χ4v) is 2.71. The molecule has 0 aliphatic heterocycles.